The number of nitrogens with one attached hydrogen (secondary N) is 1. The monoisotopic (exact) mass is 129 g/mol. The Hall–Kier alpha value is -0.0551. The van der Waals surface area contributed by atoms with E-state index < -0.39 is 7.12 Å². The highest BCUT2D eigenvalue weighted by Crippen LogP contribution is 2.12. The SMILES string of the molecule is C[C@@H]1CNC(B(O)O)C1. The standard InChI is InChI=1S/C5H12BNO2/c1-4-2-5(6(8)9)7-3-4/h4-5,7-9H,2-3H2,1H3/t4-,5?/m0/s1. The molecule has 1 saturated heterocycles. The molecule has 0 saturated carbocycles. The lowest BCUT2D eigenvalue weighted by molar-refractivity contribution is 0.378. The highest BCUT2D eigenvalue weighted by molar-refractivity contribution is 6.43. The summed E-state index contributed by atoms with van der Waals surface area (Å²) in [6.45, 7) is 3.00. The molecule has 0 amide bonds. The molecule has 3 nitrogen and oxygen atoms in total. The van der Waals surface area contributed by atoms with Gasteiger partial charge < -0.3 is 15.4 Å². The topological polar surface area (TPSA) is 52.5 Å². The fourth-order valence-electron chi connectivity index (χ4n) is 1.18. The zero-order chi connectivity index (χ0) is 6.85. The van der Waals surface area contributed by atoms with E-state index in [0.717, 1.165) is 13.0 Å². The van der Waals surface area contributed by atoms with Crippen LogP contribution in [0.2, 0.25) is 0 Å². The van der Waals surface area contributed by atoms with Crippen LogP contribution < -0.4 is 5.32 Å². The van der Waals surface area contributed by atoms with Crippen molar-refractivity contribution in [2.75, 3.05) is 6.54 Å². The van der Waals surface area contributed by atoms with Gasteiger partial charge in [0.2, 0.25) is 0 Å². The Balaban J connectivity index is 2.30. The van der Waals surface area contributed by atoms with Gasteiger partial charge in [0.1, 0.15) is 0 Å². The van der Waals surface area contributed by atoms with Crippen molar-refractivity contribution in [3.63, 3.8) is 0 Å². The molecule has 2 atom stereocenters. The molecule has 0 bridgehead atoms. The van der Waals surface area contributed by atoms with Crippen molar-refractivity contribution >= 4 is 7.12 Å². The van der Waals surface area contributed by atoms with Crippen LogP contribution in [-0.4, -0.2) is 29.7 Å². The van der Waals surface area contributed by atoms with Crippen molar-refractivity contribution < 1.29 is 10.0 Å². The molecule has 52 valence electrons. The molecule has 1 aliphatic heterocycles. The first-order valence-electron chi connectivity index (χ1n) is 3.29. The van der Waals surface area contributed by atoms with Gasteiger partial charge in [-0.2, -0.15) is 0 Å². The van der Waals surface area contributed by atoms with Gasteiger partial charge in [0.25, 0.3) is 0 Å². The Bertz CT molecular complexity index is 99.0. The van der Waals surface area contributed by atoms with Crippen LogP contribution >= 0.6 is 0 Å². The van der Waals surface area contributed by atoms with E-state index in [4.69, 9.17) is 10.0 Å². The van der Waals surface area contributed by atoms with Gasteiger partial charge in [0.05, 0.1) is 0 Å². The Morgan fingerprint density at radius 1 is 1.56 bits per heavy atom. The lowest BCUT2D eigenvalue weighted by Gasteiger charge is -2.05. The van der Waals surface area contributed by atoms with Crippen LogP contribution in [-0.2, 0) is 0 Å². The van der Waals surface area contributed by atoms with Crippen LogP contribution in [0.5, 0.6) is 0 Å². The third kappa shape index (κ3) is 1.68. The minimum absolute atomic E-state index is 0.0972. The first-order valence-corrected chi connectivity index (χ1v) is 3.29. The van der Waals surface area contributed by atoms with Crippen molar-refractivity contribution in [1.82, 2.24) is 5.32 Å². The molecule has 4 heteroatoms. The summed E-state index contributed by atoms with van der Waals surface area (Å²) in [7, 11) is -1.19. The maximum atomic E-state index is 8.66. The summed E-state index contributed by atoms with van der Waals surface area (Å²) in [6, 6.07) is 0. The van der Waals surface area contributed by atoms with E-state index in [1.807, 2.05) is 0 Å². The van der Waals surface area contributed by atoms with Gasteiger partial charge in [-0.3, -0.25) is 0 Å². The number of hydrogen-bond donors (Lipinski definition) is 3. The Morgan fingerprint density at radius 2 is 2.22 bits per heavy atom. The molecule has 0 aromatic carbocycles. The normalized spacial score (nSPS) is 35.0. The molecule has 0 aromatic heterocycles. The molecule has 0 aliphatic carbocycles. The molecule has 0 aromatic rings. The molecule has 1 fully saturated rings. The van der Waals surface area contributed by atoms with Gasteiger partial charge in [0.15, 0.2) is 0 Å². The minimum Gasteiger partial charge on any atom is -0.426 e. The number of rotatable bonds is 1. The molecular weight excluding hydrogens is 117 g/mol. The quantitative estimate of drug-likeness (QED) is 0.398. The maximum Gasteiger partial charge on any atom is 0.469 e. The molecule has 3 N–H and O–H groups in total. The first kappa shape index (κ1) is 7.06. The summed E-state index contributed by atoms with van der Waals surface area (Å²) < 4.78 is 0. The maximum absolute atomic E-state index is 8.66. The Morgan fingerprint density at radius 3 is 2.44 bits per heavy atom. The lowest BCUT2D eigenvalue weighted by atomic mass is 9.78. The average Bonchev–Trinajstić information content (AvgIpc) is 2.14. The molecule has 1 rings (SSSR count). The molecule has 0 spiro atoms. The second-order valence-electron chi connectivity index (χ2n) is 2.77. The first-order chi connectivity index (χ1) is 4.20. The molecule has 1 heterocycles. The smallest absolute Gasteiger partial charge is 0.426 e. The zero-order valence-corrected chi connectivity index (χ0v) is 5.54. The fourth-order valence-corrected chi connectivity index (χ4v) is 1.18. The van der Waals surface area contributed by atoms with Gasteiger partial charge >= 0.3 is 7.12 Å². The minimum atomic E-state index is -1.19. The third-order valence-corrected chi connectivity index (χ3v) is 1.74. The number of hydrogen-bond acceptors (Lipinski definition) is 3. The van der Waals surface area contributed by atoms with Gasteiger partial charge in [-0.25, -0.2) is 0 Å². The summed E-state index contributed by atoms with van der Waals surface area (Å²) in [5.74, 6) is 0.483. The van der Waals surface area contributed by atoms with E-state index >= 15 is 0 Å². The van der Waals surface area contributed by atoms with Crippen LogP contribution in [0.4, 0.5) is 0 Å². The van der Waals surface area contributed by atoms with E-state index in [1.54, 1.807) is 0 Å². The van der Waals surface area contributed by atoms with Gasteiger partial charge in [0, 0.05) is 5.94 Å². The van der Waals surface area contributed by atoms with Crippen molar-refractivity contribution in [2.45, 2.75) is 19.3 Å². The molecule has 1 aliphatic rings. The predicted octanol–water partition coefficient (Wildman–Crippen LogP) is -1.00. The van der Waals surface area contributed by atoms with Crippen LogP contribution in [0.15, 0.2) is 0 Å². The van der Waals surface area contributed by atoms with E-state index in [1.165, 1.54) is 0 Å². The molecular formula is C5H12BNO2. The van der Waals surface area contributed by atoms with Crippen LogP contribution in [0.3, 0.4) is 0 Å². The van der Waals surface area contributed by atoms with E-state index in [2.05, 4.69) is 12.2 Å². The zero-order valence-electron chi connectivity index (χ0n) is 5.54. The summed E-state index contributed by atoms with van der Waals surface area (Å²) in [4.78, 5) is 0. The highest BCUT2D eigenvalue weighted by Gasteiger charge is 2.29. The lowest BCUT2D eigenvalue weighted by Crippen LogP contribution is -2.38. The molecule has 1 unspecified atom stereocenters. The van der Waals surface area contributed by atoms with Crippen LogP contribution in [0.25, 0.3) is 0 Å². The van der Waals surface area contributed by atoms with Gasteiger partial charge in [-0.1, -0.05) is 6.92 Å². The third-order valence-electron chi connectivity index (χ3n) is 1.74. The average molecular weight is 129 g/mol. The summed E-state index contributed by atoms with van der Waals surface area (Å²) in [5.41, 5.74) is 0. The summed E-state index contributed by atoms with van der Waals surface area (Å²) in [5, 5.41) is 20.3. The largest absolute Gasteiger partial charge is 0.469 e. The van der Waals surface area contributed by atoms with E-state index in [9.17, 15) is 0 Å². The van der Waals surface area contributed by atoms with Crippen molar-refractivity contribution in [1.29, 1.82) is 0 Å². The van der Waals surface area contributed by atoms with Crippen molar-refractivity contribution in [3.8, 4) is 0 Å². The second kappa shape index (κ2) is 2.69. The fraction of sp³-hybridized carbons (Fsp3) is 1.00. The van der Waals surface area contributed by atoms with Gasteiger partial charge in [-0.05, 0) is 18.9 Å². The van der Waals surface area contributed by atoms with Gasteiger partial charge in [-0.15, -0.1) is 0 Å². The second-order valence-corrected chi connectivity index (χ2v) is 2.77. The van der Waals surface area contributed by atoms with Crippen molar-refractivity contribution in [2.24, 2.45) is 5.92 Å². The molecule has 9 heavy (non-hydrogen) atoms. The van der Waals surface area contributed by atoms with E-state index in [-0.39, 0.29) is 5.94 Å². The van der Waals surface area contributed by atoms with Crippen LogP contribution in [0.1, 0.15) is 13.3 Å². The summed E-state index contributed by atoms with van der Waals surface area (Å²) >= 11 is 0. The van der Waals surface area contributed by atoms with E-state index in [0.29, 0.717) is 5.92 Å². The van der Waals surface area contributed by atoms with Crippen LogP contribution in [0, 0.1) is 5.92 Å². The predicted molar refractivity (Wildman–Crippen MR) is 35.8 cm³/mol. The highest BCUT2D eigenvalue weighted by atomic mass is 16.4. The molecule has 0 radical (unpaired) electrons. The van der Waals surface area contributed by atoms with Crippen molar-refractivity contribution in [3.05, 3.63) is 0 Å². The Kier molecular flexibility index (Phi) is 2.11. The summed E-state index contributed by atoms with van der Waals surface area (Å²) in [6.07, 6.45) is 0.873. The Labute approximate surface area is 55.2 Å².